The molecule has 0 unspecified atom stereocenters. The number of nitrogens with one attached hydrogen (secondary N) is 1. The number of thioether (sulfide) groups is 1. The average Bonchev–Trinajstić information content (AvgIpc) is 2.75. The predicted molar refractivity (Wildman–Crippen MR) is 119 cm³/mol. The summed E-state index contributed by atoms with van der Waals surface area (Å²) in [4.78, 5) is 0. The molecule has 0 saturated heterocycles. The maximum Gasteiger partial charge on any atom is 0.143 e. The van der Waals surface area contributed by atoms with Crippen LogP contribution in [-0.4, -0.2) is 23.7 Å². The van der Waals surface area contributed by atoms with Gasteiger partial charge in [0, 0.05) is 6.54 Å². The van der Waals surface area contributed by atoms with Gasteiger partial charge in [0.1, 0.15) is 9.92 Å². The maximum absolute atomic E-state index is 6.65. The second-order valence-corrected chi connectivity index (χ2v) is 7.53. The molecular weight excluding hydrogens is 370 g/mol. The lowest BCUT2D eigenvalue weighted by atomic mass is 9.80. The molecule has 27 heavy (non-hydrogen) atoms. The summed E-state index contributed by atoms with van der Waals surface area (Å²) in [5, 5.41) is 3.23. The highest BCUT2D eigenvalue weighted by atomic mass is 32.2. The summed E-state index contributed by atoms with van der Waals surface area (Å²) in [6, 6.07) is 31.2. The van der Waals surface area contributed by atoms with E-state index < -0.39 is 5.60 Å². The molecule has 3 aromatic rings. The fourth-order valence-electron chi connectivity index (χ4n) is 3.20. The molecule has 0 saturated carbocycles. The van der Waals surface area contributed by atoms with Crippen LogP contribution in [0.25, 0.3) is 0 Å². The van der Waals surface area contributed by atoms with Crippen molar-refractivity contribution < 1.29 is 4.74 Å². The summed E-state index contributed by atoms with van der Waals surface area (Å²) in [6.07, 6.45) is 1.97. The van der Waals surface area contributed by atoms with Crippen LogP contribution in [0.4, 0.5) is 0 Å². The molecule has 0 aromatic heterocycles. The van der Waals surface area contributed by atoms with Gasteiger partial charge in [-0.25, -0.2) is 0 Å². The van der Waals surface area contributed by atoms with E-state index in [1.165, 1.54) is 11.8 Å². The lowest BCUT2D eigenvalue weighted by Gasteiger charge is -2.36. The minimum Gasteiger partial charge on any atom is -0.369 e. The quantitative estimate of drug-likeness (QED) is 0.337. The van der Waals surface area contributed by atoms with E-state index in [-0.39, 0.29) is 0 Å². The van der Waals surface area contributed by atoms with Crippen LogP contribution in [0, 0.1) is 0 Å². The van der Waals surface area contributed by atoms with E-state index in [0.717, 1.165) is 21.0 Å². The third kappa shape index (κ3) is 4.59. The molecule has 2 nitrogen and oxygen atoms in total. The van der Waals surface area contributed by atoms with Crippen LogP contribution in [-0.2, 0) is 10.3 Å². The molecule has 0 aliphatic rings. The van der Waals surface area contributed by atoms with Crippen LogP contribution in [0.1, 0.15) is 16.7 Å². The van der Waals surface area contributed by atoms with Crippen molar-refractivity contribution in [2.45, 2.75) is 5.60 Å². The van der Waals surface area contributed by atoms with Gasteiger partial charge in [0.25, 0.3) is 0 Å². The average molecular weight is 394 g/mol. The first kappa shape index (κ1) is 19.6. The van der Waals surface area contributed by atoms with Gasteiger partial charge >= 0.3 is 0 Å². The van der Waals surface area contributed by atoms with Gasteiger partial charge in [-0.15, -0.1) is 11.8 Å². The smallest absolute Gasteiger partial charge is 0.143 e. The van der Waals surface area contributed by atoms with Gasteiger partial charge in [0.2, 0.25) is 0 Å². The van der Waals surface area contributed by atoms with E-state index >= 15 is 0 Å². The second-order valence-electron chi connectivity index (χ2n) is 6.05. The highest BCUT2D eigenvalue weighted by Crippen LogP contribution is 2.40. The molecule has 0 aliphatic carbocycles. The van der Waals surface area contributed by atoms with Crippen LogP contribution in [0.5, 0.6) is 0 Å². The first-order valence-electron chi connectivity index (χ1n) is 8.89. The molecule has 0 spiro atoms. The number of benzene rings is 3. The Hall–Kier alpha value is -2.14. The van der Waals surface area contributed by atoms with E-state index in [0.29, 0.717) is 13.2 Å². The number of hydrogen-bond donors (Lipinski definition) is 1. The summed E-state index contributed by atoms with van der Waals surface area (Å²) in [7, 11) is 0. The minimum absolute atomic E-state index is 0.527. The van der Waals surface area contributed by atoms with Gasteiger partial charge in [-0.05, 0) is 22.9 Å². The summed E-state index contributed by atoms with van der Waals surface area (Å²) < 4.78 is 7.43. The van der Waals surface area contributed by atoms with Crippen LogP contribution >= 0.6 is 24.0 Å². The zero-order chi connectivity index (χ0) is 19.0. The molecule has 0 atom stereocenters. The Bertz CT molecular complexity index is 741. The van der Waals surface area contributed by atoms with Crippen molar-refractivity contribution in [3.8, 4) is 0 Å². The Kier molecular flexibility index (Phi) is 7.04. The van der Waals surface area contributed by atoms with Crippen molar-refractivity contribution in [2.75, 3.05) is 19.4 Å². The first-order chi connectivity index (χ1) is 13.3. The van der Waals surface area contributed by atoms with E-state index in [1.54, 1.807) is 0 Å². The minimum atomic E-state index is -0.674. The van der Waals surface area contributed by atoms with Crippen molar-refractivity contribution in [2.24, 2.45) is 0 Å². The third-order valence-corrected chi connectivity index (χ3v) is 5.58. The fourth-order valence-corrected chi connectivity index (χ4v) is 3.55. The molecule has 1 N–H and O–H groups in total. The molecule has 0 fully saturated rings. The molecule has 0 heterocycles. The molecule has 0 radical (unpaired) electrons. The van der Waals surface area contributed by atoms with Crippen molar-refractivity contribution in [1.82, 2.24) is 5.32 Å². The monoisotopic (exact) mass is 393 g/mol. The van der Waals surface area contributed by atoms with Crippen molar-refractivity contribution in [3.05, 3.63) is 108 Å². The van der Waals surface area contributed by atoms with E-state index in [4.69, 9.17) is 17.0 Å². The lowest BCUT2D eigenvalue weighted by molar-refractivity contribution is 0.0165. The van der Waals surface area contributed by atoms with Crippen LogP contribution in [0.15, 0.2) is 91.0 Å². The Balaban J connectivity index is 2.04. The molecule has 138 valence electrons. The lowest BCUT2D eigenvalue weighted by Crippen LogP contribution is -2.36. The van der Waals surface area contributed by atoms with Gasteiger partial charge in [-0.2, -0.15) is 0 Å². The SMILES string of the molecule is CSC(=S)NCCOC(c1ccccc1)(c1ccccc1)c1ccccc1. The standard InChI is InChI=1S/C23H23NOS2/c1-27-22(26)24-17-18-25-23(19-11-5-2-6-12-19,20-13-7-3-8-14-20)21-15-9-4-10-16-21/h2-16H,17-18H2,1H3,(H,24,26). The topological polar surface area (TPSA) is 21.3 Å². The van der Waals surface area contributed by atoms with E-state index in [9.17, 15) is 0 Å². The Labute approximate surface area is 171 Å². The van der Waals surface area contributed by atoms with Gasteiger partial charge in [-0.3, -0.25) is 0 Å². The number of ether oxygens (including phenoxy) is 1. The zero-order valence-electron chi connectivity index (χ0n) is 15.3. The van der Waals surface area contributed by atoms with Crippen molar-refractivity contribution >= 4 is 28.3 Å². The first-order valence-corrected chi connectivity index (χ1v) is 10.5. The van der Waals surface area contributed by atoms with Gasteiger partial charge in [0.05, 0.1) is 6.61 Å². The van der Waals surface area contributed by atoms with Crippen LogP contribution in [0.3, 0.4) is 0 Å². The van der Waals surface area contributed by atoms with Crippen LogP contribution < -0.4 is 5.32 Å². The number of hydrogen-bond acceptors (Lipinski definition) is 3. The Morgan fingerprint density at radius 3 is 1.59 bits per heavy atom. The highest BCUT2D eigenvalue weighted by molar-refractivity contribution is 8.22. The third-order valence-electron chi connectivity index (χ3n) is 4.42. The second kappa shape index (κ2) is 9.70. The summed E-state index contributed by atoms with van der Waals surface area (Å²) in [5.74, 6) is 0. The van der Waals surface area contributed by atoms with Gasteiger partial charge < -0.3 is 10.1 Å². The molecule has 0 amide bonds. The molecule has 0 aliphatic heterocycles. The Morgan fingerprint density at radius 2 is 1.22 bits per heavy atom. The number of thiocarbonyl (C=S) groups is 1. The summed E-state index contributed by atoms with van der Waals surface area (Å²) in [5.41, 5.74) is 2.64. The molecule has 0 bridgehead atoms. The Morgan fingerprint density at radius 1 is 0.815 bits per heavy atom. The molecular formula is C23H23NOS2. The fraction of sp³-hybridized carbons (Fsp3) is 0.174. The zero-order valence-corrected chi connectivity index (χ0v) is 16.9. The normalized spacial score (nSPS) is 11.1. The molecule has 4 heteroatoms. The van der Waals surface area contributed by atoms with E-state index in [2.05, 4.69) is 78.1 Å². The largest absolute Gasteiger partial charge is 0.369 e. The molecule has 3 aromatic carbocycles. The van der Waals surface area contributed by atoms with Crippen molar-refractivity contribution in [1.29, 1.82) is 0 Å². The predicted octanol–water partition coefficient (Wildman–Crippen LogP) is 5.23. The number of rotatable bonds is 7. The molecule has 3 rings (SSSR count). The highest BCUT2D eigenvalue weighted by Gasteiger charge is 2.37. The van der Waals surface area contributed by atoms with Crippen molar-refractivity contribution in [3.63, 3.8) is 0 Å². The summed E-state index contributed by atoms with van der Waals surface area (Å²) in [6.45, 7) is 1.19. The maximum atomic E-state index is 6.65. The van der Waals surface area contributed by atoms with Gasteiger partial charge in [0.15, 0.2) is 0 Å². The van der Waals surface area contributed by atoms with E-state index in [1.807, 2.05) is 24.5 Å². The van der Waals surface area contributed by atoms with Gasteiger partial charge in [-0.1, -0.05) is 103 Å². The summed E-state index contributed by atoms with van der Waals surface area (Å²) >= 11 is 6.78. The van der Waals surface area contributed by atoms with Crippen LogP contribution in [0.2, 0.25) is 0 Å².